The molecule has 9 nitrogen and oxygen atoms in total. The Morgan fingerprint density at radius 2 is 2.00 bits per heavy atom. The van der Waals surface area contributed by atoms with Crippen molar-refractivity contribution in [2.45, 2.75) is 4.90 Å². The summed E-state index contributed by atoms with van der Waals surface area (Å²) in [6.07, 6.45) is 0. The first kappa shape index (κ1) is 14.2. The van der Waals surface area contributed by atoms with Crippen LogP contribution < -0.4 is 0 Å². The van der Waals surface area contributed by atoms with Crippen molar-refractivity contribution in [2.75, 3.05) is 13.1 Å². The summed E-state index contributed by atoms with van der Waals surface area (Å²) < 4.78 is 25.1. The zero-order valence-corrected chi connectivity index (χ0v) is 10.8. The minimum Gasteiger partial charge on any atom is -0.502 e. The van der Waals surface area contributed by atoms with Gasteiger partial charge in [-0.3, -0.25) is 14.9 Å². The summed E-state index contributed by atoms with van der Waals surface area (Å²) in [6.45, 7) is -0.349. The number of carboxylic acids is 1. The molecule has 1 aliphatic rings. The molecule has 1 heterocycles. The van der Waals surface area contributed by atoms with Crippen molar-refractivity contribution in [1.82, 2.24) is 4.31 Å². The van der Waals surface area contributed by atoms with Gasteiger partial charge in [0.05, 0.1) is 15.7 Å². The summed E-state index contributed by atoms with van der Waals surface area (Å²) in [4.78, 5) is 20.0. The number of phenols is 1. The van der Waals surface area contributed by atoms with Crippen molar-refractivity contribution in [2.24, 2.45) is 5.92 Å². The van der Waals surface area contributed by atoms with Gasteiger partial charge in [-0.1, -0.05) is 0 Å². The highest BCUT2D eigenvalue weighted by molar-refractivity contribution is 7.89. The number of hydrogen-bond acceptors (Lipinski definition) is 6. The average molecular weight is 302 g/mol. The van der Waals surface area contributed by atoms with E-state index in [2.05, 4.69) is 0 Å². The molecule has 108 valence electrons. The lowest BCUT2D eigenvalue weighted by molar-refractivity contribution is -0.386. The lowest BCUT2D eigenvalue weighted by atomic mass is 10.0. The Morgan fingerprint density at radius 3 is 2.50 bits per heavy atom. The van der Waals surface area contributed by atoms with E-state index in [1.807, 2.05) is 0 Å². The van der Waals surface area contributed by atoms with Crippen LogP contribution in [0.5, 0.6) is 5.75 Å². The molecular weight excluding hydrogens is 292 g/mol. The molecule has 1 saturated heterocycles. The fraction of sp³-hybridized carbons (Fsp3) is 0.300. The van der Waals surface area contributed by atoms with Gasteiger partial charge in [0.1, 0.15) is 0 Å². The molecule has 10 heteroatoms. The fourth-order valence-electron chi connectivity index (χ4n) is 1.75. The SMILES string of the molecule is O=C(O)C1CN(S(=O)(=O)c2ccc(O)c([N+](=O)[O-])c2)C1. The Morgan fingerprint density at radius 1 is 1.40 bits per heavy atom. The molecule has 0 unspecified atom stereocenters. The Balaban J connectivity index is 2.30. The number of aromatic hydroxyl groups is 1. The number of hydrogen-bond donors (Lipinski definition) is 2. The highest BCUT2D eigenvalue weighted by atomic mass is 32.2. The molecule has 2 N–H and O–H groups in total. The zero-order chi connectivity index (χ0) is 15.1. The lowest BCUT2D eigenvalue weighted by Crippen LogP contribution is -2.52. The molecule has 2 rings (SSSR count). The molecule has 0 radical (unpaired) electrons. The number of rotatable bonds is 4. The van der Waals surface area contributed by atoms with Crippen molar-refractivity contribution in [3.8, 4) is 5.75 Å². The molecular formula is C10H10N2O7S. The van der Waals surface area contributed by atoms with Gasteiger partial charge in [-0.05, 0) is 12.1 Å². The molecule has 0 amide bonds. The Kier molecular flexibility index (Phi) is 3.36. The first-order valence-electron chi connectivity index (χ1n) is 5.44. The van der Waals surface area contributed by atoms with Gasteiger partial charge in [0.25, 0.3) is 0 Å². The number of carboxylic acid groups (broad SMARTS) is 1. The number of nitro groups is 1. The number of nitro benzene ring substituents is 1. The Bertz CT molecular complexity index is 679. The van der Waals surface area contributed by atoms with E-state index in [-0.39, 0.29) is 18.0 Å². The Labute approximate surface area is 113 Å². The van der Waals surface area contributed by atoms with Gasteiger partial charge >= 0.3 is 11.7 Å². The number of phenolic OH excluding ortho intramolecular Hbond substituents is 1. The predicted octanol–water partition coefficient (Wildman–Crippen LogP) is 0.00550. The van der Waals surface area contributed by atoms with E-state index in [0.717, 1.165) is 22.5 Å². The number of aliphatic carboxylic acids is 1. The van der Waals surface area contributed by atoms with Gasteiger partial charge < -0.3 is 10.2 Å². The summed E-state index contributed by atoms with van der Waals surface area (Å²) in [7, 11) is -3.99. The van der Waals surface area contributed by atoms with E-state index < -0.39 is 38.3 Å². The van der Waals surface area contributed by atoms with Gasteiger partial charge in [0, 0.05) is 19.2 Å². The number of carbonyl (C=O) groups is 1. The van der Waals surface area contributed by atoms with Crippen molar-refractivity contribution in [3.05, 3.63) is 28.3 Å². The van der Waals surface area contributed by atoms with Crippen LogP contribution in [0.1, 0.15) is 0 Å². The number of sulfonamides is 1. The minimum absolute atomic E-state index is 0.174. The van der Waals surface area contributed by atoms with Gasteiger partial charge in [-0.15, -0.1) is 0 Å². The normalized spacial score (nSPS) is 16.6. The highest BCUT2D eigenvalue weighted by Crippen LogP contribution is 2.31. The van der Waals surface area contributed by atoms with Crippen LogP contribution in [0.4, 0.5) is 5.69 Å². The third-order valence-electron chi connectivity index (χ3n) is 2.98. The topological polar surface area (TPSA) is 138 Å². The third-order valence-corrected chi connectivity index (χ3v) is 4.81. The van der Waals surface area contributed by atoms with Crippen LogP contribution in [0.2, 0.25) is 0 Å². The molecule has 20 heavy (non-hydrogen) atoms. The van der Waals surface area contributed by atoms with Gasteiger partial charge in [-0.25, -0.2) is 8.42 Å². The summed E-state index contributed by atoms with van der Waals surface area (Å²) >= 11 is 0. The number of benzene rings is 1. The molecule has 0 aromatic heterocycles. The molecule has 1 aliphatic heterocycles. The van der Waals surface area contributed by atoms with Crippen LogP contribution in [0.25, 0.3) is 0 Å². The van der Waals surface area contributed by atoms with Gasteiger partial charge in [0.2, 0.25) is 10.0 Å². The quantitative estimate of drug-likeness (QED) is 0.589. The zero-order valence-electron chi connectivity index (χ0n) is 9.96. The maximum Gasteiger partial charge on any atom is 0.312 e. The van der Waals surface area contributed by atoms with E-state index in [9.17, 15) is 28.4 Å². The monoisotopic (exact) mass is 302 g/mol. The number of nitrogens with zero attached hydrogens (tertiary/aromatic N) is 2. The van der Waals surface area contributed by atoms with Crippen LogP contribution in [0.3, 0.4) is 0 Å². The maximum absolute atomic E-state index is 12.1. The Hall–Kier alpha value is -2.20. The fourth-order valence-corrected chi connectivity index (χ4v) is 3.30. The standard InChI is InChI=1S/C10H10N2O7S/c13-9-2-1-7(3-8(9)12(16)17)20(18,19)11-4-6(5-11)10(14)15/h1-3,6,13H,4-5H2,(H,14,15). The molecule has 0 spiro atoms. The average Bonchev–Trinajstić information content (AvgIpc) is 2.25. The molecule has 0 bridgehead atoms. The minimum atomic E-state index is -3.99. The van der Waals surface area contributed by atoms with Crippen molar-refractivity contribution in [3.63, 3.8) is 0 Å². The van der Waals surface area contributed by atoms with Crippen LogP contribution in [0.15, 0.2) is 23.1 Å². The van der Waals surface area contributed by atoms with Crippen molar-refractivity contribution in [1.29, 1.82) is 0 Å². The summed E-state index contributed by atoms with van der Waals surface area (Å²) in [5.74, 6) is -2.49. The van der Waals surface area contributed by atoms with Crippen molar-refractivity contribution >= 4 is 21.7 Å². The molecule has 1 aromatic rings. The van der Waals surface area contributed by atoms with Crippen LogP contribution in [-0.4, -0.2) is 46.9 Å². The summed E-state index contributed by atoms with van der Waals surface area (Å²) in [5.41, 5.74) is -0.721. The molecule has 1 aromatic carbocycles. The predicted molar refractivity (Wildman–Crippen MR) is 64.6 cm³/mol. The van der Waals surface area contributed by atoms with E-state index in [1.54, 1.807) is 0 Å². The van der Waals surface area contributed by atoms with Crippen LogP contribution in [0, 0.1) is 16.0 Å². The summed E-state index contributed by atoms with van der Waals surface area (Å²) in [5, 5.41) is 28.6. The second-order valence-electron chi connectivity index (χ2n) is 4.26. The maximum atomic E-state index is 12.1. The van der Waals surface area contributed by atoms with Crippen molar-refractivity contribution < 1.29 is 28.3 Å². The highest BCUT2D eigenvalue weighted by Gasteiger charge is 2.41. The second kappa shape index (κ2) is 4.72. The second-order valence-corrected chi connectivity index (χ2v) is 6.20. The first-order chi connectivity index (χ1) is 9.23. The van der Waals surface area contributed by atoms with Gasteiger partial charge in [-0.2, -0.15) is 4.31 Å². The third kappa shape index (κ3) is 2.30. The largest absolute Gasteiger partial charge is 0.502 e. The summed E-state index contributed by atoms with van der Waals surface area (Å²) in [6, 6.07) is 2.70. The molecule has 0 aliphatic carbocycles. The molecule has 0 saturated carbocycles. The van der Waals surface area contributed by atoms with Crippen LogP contribution >= 0.6 is 0 Å². The molecule has 0 atom stereocenters. The molecule has 1 fully saturated rings. The van der Waals surface area contributed by atoms with E-state index in [0.29, 0.717) is 0 Å². The van der Waals surface area contributed by atoms with E-state index in [4.69, 9.17) is 5.11 Å². The lowest BCUT2D eigenvalue weighted by Gasteiger charge is -2.35. The first-order valence-corrected chi connectivity index (χ1v) is 6.88. The van der Waals surface area contributed by atoms with Gasteiger partial charge in [0.15, 0.2) is 5.75 Å². The van der Waals surface area contributed by atoms with E-state index in [1.165, 1.54) is 0 Å². The van der Waals surface area contributed by atoms with Crippen LogP contribution in [-0.2, 0) is 14.8 Å². The van der Waals surface area contributed by atoms with E-state index >= 15 is 0 Å². The smallest absolute Gasteiger partial charge is 0.312 e.